The average Bonchev–Trinajstić information content (AvgIpc) is 2.88. The fraction of sp³-hybridized carbons (Fsp3) is 0.136. The standard InChI is InChI=1S/C22H16ClF2NOS/c23-16-9-5-14(6-10-16)19-13-21(28-20-4-2-1-3-18(20)26-19)15-7-11-17(12-8-15)27-22(24)25/h1-12,21-22H,13H2/t21-/m1/s1. The second-order valence-electron chi connectivity index (χ2n) is 6.29. The van der Waals surface area contributed by atoms with Crippen molar-refractivity contribution >= 4 is 34.8 Å². The summed E-state index contributed by atoms with van der Waals surface area (Å²) in [4.78, 5) is 5.99. The van der Waals surface area contributed by atoms with E-state index >= 15 is 0 Å². The first-order valence-corrected chi connectivity index (χ1v) is 9.98. The van der Waals surface area contributed by atoms with E-state index in [1.807, 2.05) is 54.6 Å². The van der Waals surface area contributed by atoms with E-state index in [2.05, 4.69) is 10.8 Å². The summed E-state index contributed by atoms with van der Waals surface area (Å²) in [5, 5.41) is 0.776. The van der Waals surface area contributed by atoms with Gasteiger partial charge in [0.1, 0.15) is 5.75 Å². The molecule has 2 nitrogen and oxygen atoms in total. The Hall–Kier alpha value is -2.37. The molecule has 0 aromatic heterocycles. The molecule has 28 heavy (non-hydrogen) atoms. The van der Waals surface area contributed by atoms with Crippen molar-refractivity contribution in [2.45, 2.75) is 23.2 Å². The van der Waals surface area contributed by atoms with Gasteiger partial charge in [-0.25, -0.2) is 0 Å². The Morgan fingerprint density at radius 3 is 2.39 bits per heavy atom. The highest BCUT2D eigenvalue weighted by Crippen LogP contribution is 2.45. The molecule has 0 radical (unpaired) electrons. The van der Waals surface area contributed by atoms with Crippen LogP contribution >= 0.6 is 23.4 Å². The van der Waals surface area contributed by atoms with Crippen LogP contribution in [0.4, 0.5) is 14.5 Å². The van der Waals surface area contributed by atoms with Crippen LogP contribution in [0, 0.1) is 0 Å². The van der Waals surface area contributed by atoms with E-state index in [0.29, 0.717) is 11.4 Å². The van der Waals surface area contributed by atoms with Crippen molar-refractivity contribution in [1.82, 2.24) is 0 Å². The van der Waals surface area contributed by atoms with Gasteiger partial charge in [-0.05, 0) is 47.5 Å². The number of halogens is 3. The van der Waals surface area contributed by atoms with E-state index in [9.17, 15) is 8.78 Å². The number of hydrogen-bond donors (Lipinski definition) is 0. The minimum Gasteiger partial charge on any atom is -0.435 e. The van der Waals surface area contributed by atoms with Crippen molar-refractivity contribution < 1.29 is 13.5 Å². The molecule has 0 saturated heterocycles. The second-order valence-corrected chi connectivity index (χ2v) is 7.97. The maximum Gasteiger partial charge on any atom is 0.387 e. The summed E-state index contributed by atoms with van der Waals surface area (Å²) in [6.45, 7) is -2.83. The van der Waals surface area contributed by atoms with E-state index in [4.69, 9.17) is 16.6 Å². The molecule has 0 bridgehead atoms. The first-order valence-electron chi connectivity index (χ1n) is 8.72. The third-order valence-corrected chi connectivity index (χ3v) is 6.00. The molecule has 0 saturated carbocycles. The molecule has 1 atom stereocenters. The van der Waals surface area contributed by atoms with Gasteiger partial charge < -0.3 is 4.74 Å². The van der Waals surface area contributed by atoms with Gasteiger partial charge in [0.05, 0.1) is 5.69 Å². The first kappa shape index (κ1) is 19.0. The van der Waals surface area contributed by atoms with E-state index in [-0.39, 0.29) is 11.0 Å². The molecule has 3 aromatic carbocycles. The van der Waals surface area contributed by atoms with Crippen molar-refractivity contribution in [3.05, 3.63) is 88.9 Å². The van der Waals surface area contributed by atoms with Gasteiger partial charge in [0.15, 0.2) is 0 Å². The fourth-order valence-corrected chi connectivity index (χ4v) is 4.44. The molecule has 3 aromatic rings. The minimum atomic E-state index is -2.83. The number of para-hydroxylation sites is 1. The summed E-state index contributed by atoms with van der Waals surface area (Å²) < 4.78 is 29.3. The fourth-order valence-electron chi connectivity index (χ4n) is 3.09. The molecule has 4 rings (SSSR count). The van der Waals surface area contributed by atoms with Crippen molar-refractivity contribution in [3.8, 4) is 5.75 Å². The lowest BCUT2D eigenvalue weighted by atomic mass is 10.0. The highest BCUT2D eigenvalue weighted by molar-refractivity contribution is 7.99. The van der Waals surface area contributed by atoms with Gasteiger partial charge in [0.2, 0.25) is 0 Å². The Morgan fingerprint density at radius 2 is 1.68 bits per heavy atom. The van der Waals surface area contributed by atoms with Gasteiger partial charge in [0, 0.05) is 27.3 Å². The summed E-state index contributed by atoms with van der Waals surface area (Å²) in [6.07, 6.45) is 0.704. The van der Waals surface area contributed by atoms with Gasteiger partial charge in [-0.2, -0.15) is 8.78 Å². The van der Waals surface area contributed by atoms with Crippen molar-refractivity contribution in [3.63, 3.8) is 0 Å². The van der Waals surface area contributed by atoms with E-state index < -0.39 is 6.61 Å². The second kappa shape index (κ2) is 8.33. The van der Waals surface area contributed by atoms with Gasteiger partial charge >= 0.3 is 6.61 Å². The van der Waals surface area contributed by atoms with Crippen LogP contribution in [0.15, 0.2) is 82.7 Å². The average molecular weight is 416 g/mol. The first-order chi connectivity index (χ1) is 13.6. The van der Waals surface area contributed by atoms with E-state index in [1.54, 1.807) is 23.9 Å². The molecule has 0 aliphatic carbocycles. The lowest BCUT2D eigenvalue weighted by Crippen LogP contribution is -2.06. The molecular weight excluding hydrogens is 400 g/mol. The largest absolute Gasteiger partial charge is 0.435 e. The lowest BCUT2D eigenvalue weighted by Gasteiger charge is -2.17. The van der Waals surface area contributed by atoms with E-state index in [0.717, 1.165) is 27.4 Å². The van der Waals surface area contributed by atoms with Crippen LogP contribution in [0.2, 0.25) is 5.02 Å². The normalized spacial score (nSPS) is 16.3. The number of alkyl halides is 2. The summed E-state index contributed by atoms with van der Waals surface area (Å²) in [5.41, 5.74) is 3.94. The summed E-state index contributed by atoms with van der Waals surface area (Å²) in [5.74, 6) is 0.157. The number of ether oxygens (including phenoxy) is 1. The molecule has 6 heteroatoms. The number of hydrogen-bond acceptors (Lipinski definition) is 3. The molecule has 1 heterocycles. The number of fused-ring (bicyclic) bond motifs is 1. The molecule has 0 amide bonds. The van der Waals surface area contributed by atoms with Crippen molar-refractivity contribution in [1.29, 1.82) is 0 Å². The maximum absolute atomic E-state index is 12.4. The third kappa shape index (κ3) is 4.37. The topological polar surface area (TPSA) is 21.6 Å². The zero-order chi connectivity index (χ0) is 19.5. The van der Waals surface area contributed by atoms with E-state index in [1.165, 1.54) is 0 Å². The molecule has 0 fully saturated rings. The molecule has 0 N–H and O–H groups in total. The molecule has 142 valence electrons. The number of nitrogens with zero attached hydrogens (tertiary/aromatic N) is 1. The van der Waals surface area contributed by atoms with Gasteiger partial charge in [-0.15, -0.1) is 11.8 Å². The van der Waals surface area contributed by atoms with Crippen molar-refractivity contribution in [2.24, 2.45) is 4.99 Å². The van der Waals surface area contributed by atoms with Crippen molar-refractivity contribution in [2.75, 3.05) is 0 Å². The number of thioether (sulfide) groups is 1. The molecular formula is C22H16ClF2NOS. The molecule has 0 spiro atoms. The van der Waals surface area contributed by atoms with Crippen LogP contribution in [0.1, 0.15) is 22.8 Å². The van der Waals surface area contributed by atoms with Gasteiger partial charge in [-0.1, -0.05) is 48.0 Å². The lowest BCUT2D eigenvalue weighted by molar-refractivity contribution is -0.0498. The number of benzene rings is 3. The zero-order valence-corrected chi connectivity index (χ0v) is 16.3. The quantitative estimate of drug-likeness (QED) is 0.446. The number of rotatable bonds is 4. The predicted octanol–water partition coefficient (Wildman–Crippen LogP) is 7.30. The van der Waals surface area contributed by atoms with Gasteiger partial charge in [-0.3, -0.25) is 4.99 Å². The van der Waals surface area contributed by atoms with Gasteiger partial charge in [0.25, 0.3) is 0 Å². The SMILES string of the molecule is FC(F)Oc1ccc([C@H]2CC(c3ccc(Cl)cc3)=Nc3ccccc3S2)cc1. The summed E-state index contributed by atoms with van der Waals surface area (Å²) >= 11 is 7.75. The highest BCUT2D eigenvalue weighted by atomic mass is 35.5. The Morgan fingerprint density at radius 1 is 0.964 bits per heavy atom. The Kier molecular flexibility index (Phi) is 5.64. The van der Waals surface area contributed by atoms with Crippen LogP contribution in [-0.4, -0.2) is 12.3 Å². The number of aliphatic imine (C=N–C) groups is 1. The van der Waals surface area contributed by atoms with Crippen LogP contribution in [0.3, 0.4) is 0 Å². The van der Waals surface area contributed by atoms with Crippen LogP contribution in [0.25, 0.3) is 0 Å². The summed E-state index contributed by atoms with van der Waals surface area (Å²) in [7, 11) is 0. The highest BCUT2D eigenvalue weighted by Gasteiger charge is 2.22. The Balaban J connectivity index is 1.69. The summed E-state index contributed by atoms with van der Waals surface area (Å²) in [6, 6.07) is 22.5. The molecule has 1 aliphatic heterocycles. The van der Waals surface area contributed by atoms with Crippen LogP contribution < -0.4 is 4.74 Å². The Labute approximate surface area is 171 Å². The Bertz CT molecular complexity index is 990. The zero-order valence-electron chi connectivity index (χ0n) is 14.7. The third-order valence-electron chi connectivity index (χ3n) is 4.42. The maximum atomic E-state index is 12.4. The minimum absolute atomic E-state index is 0.0960. The monoisotopic (exact) mass is 415 g/mol. The molecule has 1 aliphatic rings. The van der Waals surface area contributed by atoms with Crippen LogP contribution in [-0.2, 0) is 0 Å². The molecule has 0 unspecified atom stereocenters. The smallest absolute Gasteiger partial charge is 0.387 e. The van der Waals surface area contributed by atoms with Crippen LogP contribution in [0.5, 0.6) is 5.75 Å². The predicted molar refractivity (Wildman–Crippen MR) is 110 cm³/mol.